The normalized spacial score (nSPS) is 11.2. The molecule has 0 unspecified atom stereocenters. The molecule has 0 atom stereocenters. The number of hydrogen-bond acceptors (Lipinski definition) is 3. The minimum atomic E-state index is -4.29. The Morgan fingerprint density at radius 1 is 1.18 bits per heavy atom. The van der Waals surface area contributed by atoms with Gasteiger partial charge in [-0.25, -0.2) is 0 Å². The number of carbonyl (C=O) groups excluding carboxylic acids is 1. The van der Waals surface area contributed by atoms with Crippen LogP contribution in [0.15, 0.2) is 18.2 Å². The van der Waals surface area contributed by atoms with Gasteiger partial charge in [-0.3, -0.25) is 4.79 Å². The molecule has 0 radical (unpaired) electrons. The lowest BCUT2D eigenvalue weighted by Gasteiger charge is -2.08. The second-order valence-corrected chi connectivity index (χ2v) is 3.51. The van der Waals surface area contributed by atoms with Gasteiger partial charge < -0.3 is 16.8 Å². The molecule has 0 fully saturated rings. The molecule has 17 heavy (non-hydrogen) atoms. The minimum Gasteiger partial charge on any atom is -0.399 e. The maximum absolute atomic E-state index is 11.8. The average molecular weight is 247 g/mol. The van der Waals surface area contributed by atoms with Crippen LogP contribution in [-0.4, -0.2) is 18.6 Å². The van der Waals surface area contributed by atoms with E-state index in [1.165, 1.54) is 18.2 Å². The molecule has 5 N–H and O–H groups in total. The molecule has 0 aliphatic heterocycles. The van der Waals surface area contributed by atoms with E-state index in [1.807, 2.05) is 0 Å². The fourth-order valence-electron chi connectivity index (χ4n) is 1.23. The Labute approximate surface area is 95.8 Å². The first-order valence-corrected chi connectivity index (χ1v) is 4.79. The van der Waals surface area contributed by atoms with Gasteiger partial charge >= 0.3 is 6.18 Å². The zero-order chi connectivity index (χ0) is 13.1. The number of anilines is 2. The van der Waals surface area contributed by atoms with Crippen molar-refractivity contribution < 1.29 is 18.0 Å². The highest BCUT2D eigenvalue weighted by atomic mass is 19.4. The van der Waals surface area contributed by atoms with Crippen LogP contribution in [0.5, 0.6) is 0 Å². The zero-order valence-electron chi connectivity index (χ0n) is 8.84. The standard InChI is InChI=1S/C10H12F3N3O/c11-10(12,13)1-2-16-9(17)6-3-7(14)5-8(15)4-6/h3-5H,1-2,14-15H2,(H,16,17). The minimum absolute atomic E-state index is 0.143. The maximum Gasteiger partial charge on any atom is 0.390 e. The van der Waals surface area contributed by atoms with Gasteiger partial charge in [0.25, 0.3) is 5.91 Å². The highest BCUT2D eigenvalue weighted by Crippen LogP contribution is 2.18. The molecular formula is C10H12F3N3O. The summed E-state index contributed by atoms with van der Waals surface area (Å²) in [6.45, 7) is -0.475. The molecule has 1 amide bonds. The predicted octanol–water partition coefficient (Wildman–Crippen LogP) is 1.53. The third-order valence-electron chi connectivity index (χ3n) is 1.93. The zero-order valence-corrected chi connectivity index (χ0v) is 8.84. The van der Waals surface area contributed by atoms with E-state index in [-0.39, 0.29) is 16.9 Å². The number of halogens is 3. The van der Waals surface area contributed by atoms with E-state index in [9.17, 15) is 18.0 Å². The number of hydrogen-bond donors (Lipinski definition) is 3. The summed E-state index contributed by atoms with van der Waals surface area (Å²) < 4.78 is 35.5. The van der Waals surface area contributed by atoms with Crippen molar-refractivity contribution in [2.24, 2.45) is 0 Å². The van der Waals surface area contributed by atoms with Gasteiger partial charge in [0.15, 0.2) is 0 Å². The van der Waals surface area contributed by atoms with Crippen molar-refractivity contribution in [3.05, 3.63) is 23.8 Å². The Kier molecular flexibility index (Phi) is 3.82. The molecule has 0 saturated heterocycles. The summed E-state index contributed by atoms with van der Waals surface area (Å²) in [5.41, 5.74) is 11.6. The van der Waals surface area contributed by atoms with E-state index < -0.39 is 25.0 Å². The number of carbonyl (C=O) groups is 1. The van der Waals surface area contributed by atoms with E-state index in [0.29, 0.717) is 0 Å². The van der Waals surface area contributed by atoms with Crippen molar-refractivity contribution in [2.45, 2.75) is 12.6 Å². The van der Waals surface area contributed by atoms with Crippen molar-refractivity contribution in [1.29, 1.82) is 0 Å². The van der Waals surface area contributed by atoms with E-state index in [1.54, 1.807) is 0 Å². The number of benzene rings is 1. The van der Waals surface area contributed by atoms with Gasteiger partial charge in [0.1, 0.15) is 0 Å². The van der Waals surface area contributed by atoms with E-state index in [0.717, 1.165) is 0 Å². The van der Waals surface area contributed by atoms with Gasteiger partial charge in [0.05, 0.1) is 6.42 Å². The van der Waals surface area contributed by atoms with E-state index in [2.05, 4.69) is 5.32 Å². The SMILES string of the molecule is Nc1cc(N)cc(C(=O)NCCC(F)(F)F)c1. The molecule has 0 saturated carbocycles. The molecule has 0 aromatic heterocycles. The number of nitrogen functional groups attached to an aromatic ring is 2. The van der Waals surface area contributed by atoms with Crippen molar-refractivity contribution in [2.75, 3.05) is 18.0 Å². The summed E-state index contributed by atoms with van der Waals surface area (Å²) in [5, 5.41) is 2.14. The second-order valence-electron chi connectivity index (χ2n) is 3.51. The van der Waals surface area contributed by atoms with Crippen molar-refractivity contribution in [3.63, 3.8) is 0 Å². The molecule has 0 aliphatic carbocycles. The van der Waals surface area contributed by atoms with E-state index in [4.69, 9.17) is 11.5 Å². The van der Waals surface area contributed by atoms with Crippen LogP contribution in [0.4, 0.5) is 24.5 Å². The molecule has 0 heterocycles. The van der Waals surface area contributed by atoms with Crippen LogP contribution in [0.3, 0.4) is 0 Å². The summed E-state index contributed by atoms with van der Waals surface area (Å²) in [5.74, 6) is -0.631. The third-order valence-corrected chi connectivity index (χ3v) is 1.93. The summed E-state index contributed by atoms with van der Waals surface area (Å²) >= 11 is 0. The Bertz CT molecular complexity index is 397. The van der Waals surface area contributed by atoms with Crippen molar-refractivity contribution >= 4 is 17.3 Å². The Morgan fingerprint density at radius 2 is 1.71 bits per heavy atom. The van der Waals surface area contributed by atoms with Crippen molar-refractivity contribution in [1.82, 2.24) is 5.32 Å². The quantitative estimate of drug-likeness (QED) is 0.708. The van der Waals surface area contributed by atoms with Crippen LogP contribution < -0.4 is 16.8 Å². The fraction of sp³-hybridized carbons (Fsp3) is 0.300. The lowest BCUT2D eigenvalue weighted by atomic mass is 10.1. The average Bonchev–Trinajstić information content (AvgIpc) is 2.13. The third kappa shape index (κ3) is 4.62. The smallest absolute Gasteiger partial charge is 0.390 e. The fourth-order valence-corrected chi connectivity index (χ4v) is 1.23. The maximum atomic E-state index is 11.8. The topological polar surface area (TPSA) is 81.1 Å². The number of amides is 1. The highest BCUT2D eigenvalue weighted by molar-refractivity contribution is 5.96. The number of nitrogens with two attached hydrogens (primary N) is 2. The Morgan fingerprint density at radius 3 is 2.18 bits per heavy atom. The number of nitrogens with one attached hydrogen (secondary N) is 1. The molecule has 7 heteroatoms. The molecule has 4 nitrogen and oxygen atoms in total. The van der Waals surface area contributed by atoms with Crippen molar-refractivity contribution in [3.8, 4) is 0 Å². The predicted molar refractivity (Wildman–Crippen MR) is 58.3 cm³/mol. The lowest BCUT2D eigenvalue weighted by Crippen LogP contribution is -2.28. The number of alkyl halides is 3. The van der Waals surface area contributed by atoms with Gasteiger partial charge in [-0.05, 0) is 18.2 Å². The largest absolute Gasteiger partial charge is 0.399 e. The van der Waals surface area contributed by atoms with Crippen LogP contribution in [0, 0.1) is 0 Å². The Balaban J connectivity index is 2.58. The summed E-state index contributed by atoms with van der Waals surface area (Å²) in [6.07, 6.45) is -5.36. The van der Waals surface area contributed by atoms with Gasteiger partial charge in [0, 0.05) is 23.5 Å². The first-order valence-electron chi connectivity index (χ1n) is 4.79. The summed E-state index contributed by atoms with van der Waals surface area (Å²) in [7, 11) is 0. The Hall–Kier alpha value is -1.92. The highest BCUT2D eigenvalue weighted by Gasteiger charge is 2.26. The molecule has 0 spiro atoms. The molecule has 1 aromatic carbocycles. The first-order chi connectivity index (χ1) is 7.78. The lowest BCUT2D eigenvalue weighted by molar-refractivity contribution is -0.132. The molecule has 1 aromatic rings. The van der Waals surface area contributed by atoms with E-state index >= 15 is 0 Å². The number of rotatable bonds is 3. The molecule has 0 aliphatic rings. The molecule has 0 bridgehead atoms. The van der Waals surface area contributed by atoms with Crippen LogP contribution in [0.1, 0.15) is 16.8 Å². The van der Waals surface area contributed by atoms with Crippen LogP contribution in [0.25, 0.3) is 0 Å². The molecule has 94 valence electrons. The van der Waals surface area contributed by atoms with Gasteiger partial charge in [-0.2, -0.15) is 13.2 Å². The molecule has 1 rings (SSSR count). The summed E-state index contributed by atoms with van der Waals surface area (Å²) in [6, 6.07) is 4.14. The van der Waals surface area contributed by atoms with Gasteiger partial charge in [-0.15, -0.1) is 0 Å². The monoisotopic (exact) mass is 247 g/mol. The van der Waals surface area contributed by atoms with Crippen LogP contribution in [-0.2, 0) is 0 Å². The molecular weight excluding hydrogens is 235 g/mol. The van der Waals surface area contributed by atoms with Gasteiger partial charge in [0.2, 0.25) is 0 Å². The second kappa shape index (κ2) is 4.94. The van der Waals surface area contributed by atoms with Crippen LogP contribution in [0.2, 0.25) is 0 Å². The van der Waals surface area contributed by atoms with Gasteiger partial charge in [-0.1, -0.05) is 0 Å². The summed E-state index contributed by atoms with van der Waals surface area (Å²) in [4.78, 5) is 11.4. The first kappa shape index (κ1) is 13.1. The van der Waals surface area contributed by atoms with Crippen LogP contribution >= 0.6 is 0 Å².